The molecular weight excluding hydrogens is 234 g/mol. The number of alkyl halides is 2. The van der Waals surface area contributed by atoms with Crippen LogP contribution in [0.4, 0.5) is 14.5 Å². The Morgan fingerprint density at radius 2 is 2.12 bits per heavy atom. The van der Waals surface area contributed by atoms with E-state index in [1.165, 1.54) is 18.2 Å². The number of rotatable bonds is 1. The van der Waals surface area contributed by atoms with Gasteiger partial charge in [0.15, 0.2) is 11.5 Å². The molecule has 1 aromatic rings. The van der Waals surface area contributed by atoms with Crippen molar-refractivity contribution in [2.24, 2.45) is 21.5 Å². The van der Waals surface area contributed by atoms with E-state index in [2.05, 4.69) is 19.5 Å². The summed E-state index contributed by atoms with van der Waals surface area (Å²) in [6, 6.07) is 4.24. The van der Waals surface area contributed by atoms with Gasteiger partial charge in [-0.1, -0.05) is 6.07 Å². The first-order chi connectivity index (χ1) is 8.02. The van der Waals surface area contributed by atoms with E-state index in [-0.39, 0.29) is 23.1 Å². The Morgan fingerprint density at radius 1 is 1.35 bits per heavy atom. The maximum atomic E-state index is 12.8. The summed E-state index contributed by atoms with van der Waals surface area (Å²) in [5.74, 6) is -0.479. The molecule has 1 aliphatic heterocycles. The molecule has 0 aromatic heterocycles. The third-order valence-electron chi connectivity index (χ3n) is 1.85. The molecule has 17 heavy (non-hydrogen) atoms. The van der Waals surface area contributed by atoms with Crippen LogP contribution >= 0.6 is 0 Å². The quantitative estimate of drug-likeness (QED) is 0.566. The molecule has 0 radical (unpaired) electrons. The van der Waals surface area contributed by atoms with E-state index >= 15 is 0 Å². The van der Waals surface area contributed by atoms with Crippen molar-refractivity contribution in [2.75, 3.05) is 0 Å². The number of hydrogen-bond acceptors (Lipinski definition) is 3. The SMILES string of the molecule is NC=NC(N)=Nc1cccc2c1OC(F)(F)O2. The Morgan fingerprint density at radius 3 is 2.82 bits per heavy atom. The number of benzene rings is 1. The molecule has 0 bridgehead atoms. The van der Waals surface area contributed by atoms with Gasteiger partial charge in [0.1, 0.15) is 5.69 Å². The summed E-state index contributed by atoms with van der Waals surface area (Å²) >= 11 is 0. The van der Waals surface area contributed by atoms with Crippen molar-refractivity contribution in [3.8, 4) is 11.5 Å². The third-order valence-corrected chi connectivity index (χ3v) is 1.85. The first-order valence-corrected chi connectivity index (χ1v) is 4.49. The molecule has 1 heterocycles. The smallest absolute Gasteiger partial charge is 0.395 e. The van der Waals surface area contributed by atoms with Gasteiger partial charge < -0.3 is 20.9 Å². The van der Waals surface area contributed by atoms with E-state index in [1.807, 2.05) is 0 Å². The van der Waals surface area contributed by atoms with Crippen molar-refractivity contribution in [2.45, 2.75) is 6.29 Å². The molecule has 1 aromatic carbocycles. The van der Waals surface area contributed by atoms with Crippen LogP contribution < -0.4 is 20.9 Å². The Balaban J connectivity index is 2.40. The number of ether oxygens (including phenoxy) is 2. The molecule has 0 saturated carbocycles. The van der Waals surface area contributed by atoms with E-state index in [9.17, 15) is 8.78 Å². The number of para-hydroxylation sites is 1. The average Bonchev–Trinajstić information content (AvgIpc) is 2.53. The Kier molecular flexibility index (Phi) is 2.54. The lowest BCUT2D eigenvalue weighted by Crippen LogP contribution is -2.26. The lowest BCUT2D eigenvalue weighted by atomic mass is 10.3. The summed E-state index contributed by atoms with van der Waals surface area (Å²) < 4.78 is 34.2. The second-order valence-electron chi connectivity index (χ2n) is 3.02. The standard InChI is InChI=1S/C9H8F2N4O2/c10-9(11)16-6-3-1-2-5(7(6)17-9)15-8(13)14-4-12/h1-4H,(H4,12,13,14,15). The van der Waals surface area contributed by atoms with Gasteiger partial charge in [-0.2, -0.15) is 0 Å². The first kappa shape index (κ1) is 11.1. The van der Waals surface area contributed by atoms with Gasteiger partial charge in [-0.05, 0) is 12.1 Å². The second kappa shape index (κ2) is 3.89. The van der Waals surface area contributed by atoms with E-state index in [1.54, 1.807) is 0 Å². The summed E-state index contributed by atoms with van der Waals surface area (Å²) in [6.45, 7) is 0. The van der Waals surface area contributed by atoms with Gasteiger partial charge in [0.2, 0.25) is 5.96 Å². The lowest BCUT2D eigenvalue weighted by Gasteiger charge is -2.05. The van der Waals surface area contributed by atoms with Crippen LogP contribution in [0.25, 0.3) is 0 Å². The summed E-state index contributed by atoms with van der Waals surface area (Å²) in [5.41, 5.74) is 10.5. The summed E-state index contributed by atoms with van der Waals surface area (Å²) in [6.07, 6.45) is -2.76. The summed E-state index contributed by atoms with van der Waals surface area (Å²) in [5, 5.41) is 0. The van der Waals surface area contributed by atoms with Gasteiger partial charge in [0.05, 0.1) is 6.34 Å². The van der Waals surface area contributed by atoms with Crippen molar-refractivity contribution in [3.63, 3.8) is 0 Å². The maximum Gasteiger partial charge on any atom is 0.586 e. The summed E-state index contributed by atoms with van der Waals surface area (Å²) in [7, 11) is 0. The third kappa shape index (κ3) is 2.25. The normalized spacial score (nSPS) is 17.6. The summed E-state index contributed by atoms with van der Waals surface area (Å²) in [4.78, 5) is 7.24. The zero-order valence-corrected chi connectivity index (χ0v) is 8.43. The maximum absolute atomic E-state index is 12.8. The van der Waals surface area contributed by atoms with E-state index < -0.39 is 6.29 Å². The van der Waals surface area contributed by atoms with Crippen molar-refractivity contribution in [1.82, 2.24) is 0 Å². The van der Waals surface area contributed by atoms with Crippen LogP contribution in [-0.4, -0.2) is 18.6 Å². The predicted octanol–water partition coefficient (Wildman–Crippen LogP) is 0.941. The second-order valence-corrected chi connectivity index (χ2v) is 3.02. The van der Waals surface area contributed by atoms with Gasteiger partial charge in [0, 0.05) is 0 Å². The van der Waals surface area contributed by atoms with E-state index in [4.69, 9.17) is 11.5 Å². The highest BCUT2D eigenvalue weighted by atomic mass is 19.3. The number of nitrogens with two attached hydrogens (primary N) is 2. The zero-order chi connectivity index (χ0) is 12.5. The number of fused-ring (bicyclic) bond motifs is 1. The monoisotopic (exact) mass is 242 g/mol. The molecular formula is C9H8F2N4O2. The van der Waals surface area contributed by atoms with Gasteiger partial charge in [-0.25, -0.2) is 9.98 Å². The average molecular weight is 242 g/mol. The van der Waals surface area contributed by atoms with Crippen LogP contribution in [0.3, 0.4) is 0 Å². The molecule has 0 aliphatic carbocycles. The molecule has 0 amide bonds. The minimum absolute atomic E-state index is 0.0859. The van der Waals surface area contributed by atoms with Crippen molar-refractivity contribution < 1.29 is 18.3 Å². The Labute approximate surface area is 94.5 Å². The number of aliphatic imine (C=N–C) groups is 2. The highest BCUT2D eigenvalue weighted by Crippen LogP contribution is 2.46. The topological polar surface area (TPSA) is 95.2 Å². The van der Waals surface area contributed by atoms with Crippen LogP contribution in [0.1, 0.15) is 0 Å². The van der Waals surface area contributed by atoms with Crippen molar-refractivity contribution >= 4 is 18.0 Å². The molecule has 0 saturated heterocycles. The number of nitrogens with zero attached hydrogens (tertiary/aromatic N) is 2. The van der Waals surface area contributed by atoms with Crippen LogP contribution in [0.15, 0.2) is 28.2 Å². The van der Waals surface area contributed by atoms with E-state index in [0.29, 0.717) is 0 Å². The Bertz CT molecular complexity index is 502. The molecule has 6 nitrogen and oxygen atoms in total. The van der Waals surface area contributed by atoms with E-state index in [0.717, 1.165) is 6.34 Å². The predicted molar refractivity (Wildman–Crippen MR) is 56.6 cm³/mol. The first-order valence-electron chi connectivity index (χ1n) is 4.49. The van der Waals surface area contributed by atoms with Crippen LogP contribution in [0.2, 0.25) is 0 Å². The van der Waals surface area contributed by atoms with Gasteiger partial charge in [0.25, 0.3) is 0 Å². The molecule has 0 unspecified atom stereocenters. The molecule has 8 heteroatoms. The Hall–Kier alpha value is -2.38. The largest absolute Gasteiger partial charge is 0.586 e. The van der Waals surface area contributed by atoms with Crippen LogP contribution in [-0.2, 0) is 0 Å². The molecule has 4 N–H and O–H groups in total. The van der Waals surface area contributed by atoms with Crippen molar-refractivity contribution in [1.29, 1.82) is 0 Å². The van der Waals surface area contributed by atoms with Gasteiger partial charge in [-0.15, -0.1) is 8.78 Å². The fourth-order valence-corrected chi connectivity index (χ4v) is 1.27. The van der Waals surface area contributed by atoms with Crippen LogP contribution in [0, 0.1) is 0 Å². The number of halogens is 2. The van der Waals surface area contributed by atoms with Gasteiger partial charge >= 0.3 is 6.29 Å². The minimum Gasteiger partial charge on any atom is -0.395 e. The minimum atomic E-state index is -3.69. The molecule has 1 aliphatic rings. The fraction of sp³-hybridized carbons (Fsp3) is 0.111. The number of hydrogen-bond donors (Lipinski definition) is 2. The van der Waals surface area contributed by atoms with Crippen LogP contribution in [0.5, 0.6) is 11.5 Å². The van der Waals surface area contributed by atoms with Crippen molar-refractivity contribution in [3.05, 3.63) is 18.2 Å². The molecule has 0 spiro atoms. The lowest BCUT2D eigenvalue weighted by molar-refractivity contribution is -0.286. The molecule has 0 atom stereocenters. The molecule has 0 fully saturated rings. The highest BCUT2D eigenvalue weighted by molar-refractivity contribution is 5.88. The highest BCUT2D eigenvalue weighted by Gasteiger charge is 2.44. The van der Waals surface area contributed by atoms with Gasteiger partial charge in [-0.3, -0.25) is 0 Å². The fourth-order valence-electron chi connectivity index (χ4n) is 1.27. The molecule has 90 valence electrons. The number of guanidine groups is 1. The molecule has 2 rings (SSSR count). The zero-order valence-electron chi connectivity index (χ0n) is 8.43.